The van der Waals surface area contributed by atoms with Gasteiger partial charge in [0.05, 0.1) is 0 Å². The third kappa shape index (κ3) is 3.17. The van der Waals surface area contributed by atoms with Crippen molar-refractivity contribution in [2.24, 2.45) is 5.41 Å². The van der Waals surface area contributed by atoms with Gasteiger partial charge in [0.15, 0.2) is 0 Å². The number of hydrogen-bond donors (Lipinski definition) is 0. The molecule has 0 fully saturated rings. The van der Waals surface area contributed by atoms with Gasteiger partial charge in [0.2, 0.25) is 0 Å². The summed E-state index contributed by atoms with van der Waals surface area (Å²) in [5.74, 6) is 0. The fourth-order valence-corrected chi connectivity index (χ4v) is 0. The van der Waals surface area contributed by atoms with Gasteiger partial charge >= 0.3 is 56.4 Å². The molecule has 0 aliphatic heterocycles. The second-order valence-corrected chi connectivity index (χ2v) is 5.01. The molecule has 0 aromatic heterocycles. The molecule has 0 aliphatic rings. The predicted octanol–water partition coefficient (Wildman–Crippen LogP) is 1.77. The van der Waals surface area contributed by atoms with Gasteiger partial charge in [0.25, 0.3) is 0 Å². The van der Waals surface area contributed by atoms with Crippen molar-refractivity contribution in [2.45, 2.75) is 27.7 Å². The molecule has 0 unspecified atom stereocenters. The molecule has 0 atom stereocenters. The van der Waals surface area contributed by atoms with Crippen LogP contribution in [0.15, 0.2) is 0 Å². The molecule has 0 bridgehead atoms. The Bertz CT molecular complexity index is 76.7. The van der Waals surface area contributed by atoms with Crippen LogP contribution in [0.3, 0.4) is 0 Å². The van der Waals surface area contributed by atoms with Gasteiger partial charge in [-0.1, -0.05) is 0 Å². The maximum atomic E-state index is 2.25. The Balaban J connectivity index is 3.79. The van der Waals surface area contributed by atoms with E-state index in [1.54, 1.807) is 23.3 Å². The zero-order valence-electron chi connectivity index (χ0n) is 5.41. The Hall–Kier alpha value is 0.558. The molecule has 0 rings (SSSR count). The quantitative estimate of drug-likeness (QED) is 0.628. The Labute approximate surface area is 56.7 Å². The third-order valence-corrected chi connectivity index (χ3v) is 3.26. The summed E-state index contributed by atoms with van der Waals surface area (Å²) in [6, 6.07) is 0. The minimum absolute atomic E-state index is 0.454. The Morgan fingerprint density at radius 2 is 1.43 bits per heavy atom. The van der Waals surface area contributed by atoms with E-state index in [-0.39, 0.29) is 0 Å². The van der Waals surface area contributed by atoms with Crippen LogP contribution in [-0.2, 0) is 19.4 Å². The van der Waals surface area contributed by atoms with Crippen molar-refractivity contribution in [1.29, 1.82) is 0 Å². The standard InChI is InChI=1S/C6H12.W/c1-5-6(2,3)4;/h1-4H3;. The van der Waals surface area contributed by atoms with E-state index in [0.29, 0.717) is 5.41 Å². The molecule has 0 nitrogen and oxygen atoms in total. The van der Waals surface area contributed by atoms with Crippen LogP contribution in [0.25, 0.3) is 0 Å². The normalized spacial score (nSPS) is 11.4. The van der Waals surface area contributed by atoms with E-state index in [0.717, 1.165) is 0 Å². The summed E-state index contributed by atoms with van der Waals surface area (Å²) in [4.78, 5) is 0. The summed E-state index contributed by atoms with van der Waals surface area (Å²) < 4.78 is 1.58. The van der Waals surface area contributed by atoms with Gasteiger partial charge in [-0.25, -0.2) is 0 Å². The van der Waals surface area contributed by atoms with Crippen LogP contribution >= 0.6 is 0 Å². The van der Waals surface area contributed by atoms with Crippen molar-refractivity contribution in [3.8, 4) is 0 Å². The fourth-order valence-electron chi connectivity index (χ4n) is 0. The Morgan fingerprint density at radius 3 is 1.43 bits per heavy atom. The van der Waals surface area contributed by atoms with E-state index in [9.17, 15) is 0 Å². The molecule has 1 heteroatoms. The van der Waals surface area contributed by atoms with Crippen molar-refractivity contribution < 1.29 is 19.4 Å². The molecule has 0 radical (unpaired) electrons. The SMILES string of the molecule is C[C](=[W])C(C)(C)C. The molecule has 0 heterocycles. The van der Waals surface area contributed by atoms with Crippen molar-refractivity contribution in [1.82, 2.24) is 0 Å². The van der Waals surface area contributed by atoms with E-state index in [1.807, 2.05) is 0 Å². The molecule has 0 spiro atoms. The maximum absolute atomic E-state index is 2.25. The first-order valence-corrected chi connectivity index (χ1v) is 3.92. The topological polar surface area (TPSA) is 0 Å². The Morgan fingerprint density at radius 1 is 1.29 bits per heavy atom. The summed E-state index contributed by atoms with van der Waals surface area (Å²) in [7, 11) is 0. The van der Waals surface area contributed by atoms with Crippen molar-refractivity contribution in [3.05, 3.63) is 0 Å². The first-order chi connectivity index (χ1) is 2.94. The molecule has 0 aromatic rings. The molecule has 0 saturated heterocycles. The van der Waals surface area contributed by atoms with Gasteiger partial charge in [-0.15, -0.1) is 0 Å². The molecule has 0 N–H and O–H groups in total. The molecule has 7 heavy (non-hydrogen) atoms. The van der Waals surface area contributed by atoms with E-state index in [1.165, 1.54) is 0 Å². The molecular formula is C6H12W. The predicted molar refractivity (Wildman–Crippen MR) is 30.1 cm³/mol. The van der Waals surface area contributed by atoms with Crippen LogP contribution in [0.5, 0.6) is 0 Å². The van der Waals surface area contributed by atoms with Crippen LogP contribution in [-0.4, -0.2) is 3.90 Å². The first kappa shape index (κ1) is 7.56. The third-order valence-electron chi connectivity index (χ3n) is 1.06. The molecule has 0 aromatic carbocycles. The van der Waals surface area contributed by atoms with Crippen molar-refractivity contribution in [2.75, 3.05) is 0 Å². The second kappa shape index (κ2) is 2.22. The average Bonchev–Trinajstić information content (AvgIpc) is 1.31. The zero-order valence-corrected chi connectivity index (χ0v) is 8.34. The molecule has 0 amide bonds. The van der Waals surface area contributed by atoms with Crippen LogP contribution < -0.4 is 0 Å². The zero-order chi connectivity index (χ0) is 6.08. The summed E-state index contributed by atoms with van der Waals surface area (Å²) in [5, 5.41) is 0. The summed E-state index contributed by atoms with van der Waals surface area (Å²) in [6.45, 7) is 8.94. The van der Waals surface area contributed by atoms with Gasteiger partial charge in [0, 0.05) is 0 Å². The molecule has 0 aliphatic carbocycles. The summed E-state index contributed by atoms with van der Waals surface area (Å²) >= 11 is 1.61. The first-order valence-electron chi connectivity index (χ1n) is 2.45. The van der Waals surface area contributed by atoms with Gasteiger partial charge in [-0.05, 0) is 0 Å². The van der Waals surface area contributed by atoms with Crippen LogP contribution in [0.4, 0.5) is 0 Å². The van der Waals surface area contributed by atoms with Crippen LogP contribution in [0.1, 0.15) is 27.7 Å². The van der Waals surface area contributed by atoms with E-state index >= 15 is 0 Å². The van der Waals surface area contributed by atoms with Crippen molar-refractivity contribution in [3.63, 3.8) is 0 Å². The van der Waals surface area contributed by atoms with Gasteiger partial charge in [-0.2, -0.15) is 0 Å². The van der Waals surface area contributed by atoms with Crippen molar-refractivity contribution >= 4 is 3.90 Å². The fraction of sp³-hybridized carbons (Fsp3) is 0.833. The number of rotatable bonds is 0. The van der Waals surface area contributed by atoms with Gasteiger partial charge in [-0.3, -0.25) is 0 Å². The summed E-state index contributed by atoms with van der Waals surface area (Å²) in [6.07, 6.45) is 0. The number of hydrogen-bond acceptors (Lipinski definition) is 0. The summed E-state index contributed by atoms with van der Waals surface area (Å²) in [5.41, 5.74) is 0.454. The van der Waals surface area contributed by atoms with E-state index in [2.05, 4.69) is 27.7 Å². The molecule has 42 valence electrons. The van der Waals surface area contributed by atoms with Gasteiger partial charge < -0.3 is 0 Å². The molecule has 0 saturated carbocycles. The van der Waals surface area contributed by atoms with Crippen LogP contribution in [0.2, 0.25) is 0 Å². The minimum atomic E-state index is 0.454. The van der Waals surface area contributed by atoms with E-state index in [4.69, 9.17) is 0 Å². The average molecular weight is 268 g/mol. The Kier molecular flexibility index (Phi) is 2.39. The molecular weight excluding hydrogens is 256 g/mol. The second-order valence-electron chi connectivity index (χ2n) is 2.81. The van der Waals surface area contributed by atoms with Gasteiger partial charge in [0.1, 0.15) is 0 Å². The van der Waals surface area contributed by atoms with Crippen LogP contribution in [0, 0.1) is 5.41 Å². The monoisotopic (exact) mass is 268 g/mol. The van der Waals surface area contributed by atoms with E-state index < -0.39 is 0 Å².